The van der Waals surface area contributed by atoms with E-state index in [2.05, 4.69) is 5.32 Å². The summed E-state index contributed by atoms with van der Waals surface area (Å²) in [5.74, 6) is -0.0994. The minimum absolute atomic E-state index is 0.0994. The van der Waals surface area contributed by atoms with E-state index >= 15 is 0 Å². The number of hydrogen-bond donors (Lipinski definition) is 1. The Kier molecular flexibility index (Phi) is 4.49. The van der Waals surface area contributed by atoms with Gasteiger partial charge in [-0.2, -0.15) is 4.80 Å². The summed E-state index contributed by atoms with van der Waals surface area (Å²) in [7, 11) is 0. The molecule has 27 heavy (non-hydrogen) atoms. The van der Waals surface area contributed by atoms with E-state index in [4.69, 9.17) is 10.2 Å². The molecule has 5 heteroatoms. The van der Waals surface area contributed by atoms with Gasteiger partial charge in [-0.05, 0) is 24.3 Å². The largest absolute Gasteiger partial charge is 0.326 e. The van der Waals surface area contributed by atoms with E-state index in [-0.39, 0.29) is 5.91 Å². The van der Waals surface area contributed by atoms with Gasteiger partial charge in [-0.1, -0.05) is 60.7 Å². The van der Waals surface area contributed by atoms with Crippen LogP contribution in [-0.4, -0.2) is 20.9 Å². The Morgan fingerprint density at radius 3 is 1.67 bits per heavy atom. The van der Waals surface area contributed by atoms with E-state index in [1.54, 1.807) is 4.80 Å². The molecule has 0 atom stereocenters. The summed E-state index contributed by atoms with van der Waals surface area (Å²) in [6.45, 7) is 1.49. The third-order valence-corrected chi connectivity index (χ3v) is 4.13. The summed E-state index contributed by atoms with van der Waals surface area (Å²) < 4.78 is 0. The molecule has 0 spiro atoms. The lowest BCUT2D eigenvalue weighted by atomic mass is 10.1. The second-order valence-electron chi connectivity index (χ2n) is 6.15. The van der Waals surface area contributed by atoms with Crippen LogP contribution in [0.4, 0.5) is 5.69 Å². The average Bonchev–Trinajstić information content (AvgIpc) is 3.15. The van der Waals surface area contributed by atoms with Crippen LogP contribution >= 0.6 is 0 Å². The number of carbonyl (C=O) groups excluding carboxylic acids is 1. The minimum atomic E-state index is -0.0994. The lowest BCUT2D eigenvalue weighted by Gasteiger charge is -2.03. The molecule has 1 N–H and O–H groups in total. The Morgan fingerprint density at radius 2 is 1.22 bits per heavy atom. The molecule has 1 amide bonds. The van der Waals surface area contributed by atoms with Crippen LogP contribution in [0.2, 0.25) is 0 Å². The SMILES string of the molecule is CC(=O)Nc1ccc(-n2nc(-c3ccccc3)c(-c3ccccc3)n2)cc1. The molecule has 4 aromatic rings. The first-order valence-corrected chi connectivity index (χ1v) is 8.67. The van der Waals surface area contributed by atoms with Crippen LogP contribution in [0.5, 0.6) is 0 Å². The highest BCUT2D eigenvalue weighted by Gasteiger charge is 2.15. The summed E-state index contributed by atoms with van der Waals surface area (Å²) in [5.41, 5.74) is 5.24. The molecule has 0 saturated carbocycles. The standard InChI is InChI=1S/C22H18N4O/c1-16(27)23-19-12-14-20(15-13-19)26-24-21(17-8-4-2-5-9-17)22(25-26)18-10-6-3-7-11-18/h2-15H,1H3,(H,23,27). The molecule has 0 aliphatic rings. The number of amides is 1. The molecule has 5 nitrogen and oxygen atoms in total. The zero-order chi connectivity index (χ0) is 18.6. The van der Waals surface area contributed by atoms with Crippen molar-refractivity contribution in [2.75, 3.05) is 5.32 Å². The third-order valence-electron chi connectivity index (χ3n) is 4.13. The zero-order valence-electron chi connectivity index (χ0n) is 14.8. The predicted molar refractivity (Wildman–Crippen MR) is 107 cm³/mol. The maximum absolute atomic E-state index is 11.2. The van der Waals surface area contributed by atoms with Gasteiger partial charge in [0.05, 0.1) is 5.69 Å². The van der Waals surface area contributed by atoms with Gasteiger partial charge in [0.15, 0.2) is 0 Å². The van der Waals surface area contributed by atoms with Crippen molar-refractivity contribution >= 4 is 11.6 Å². The highest BCUT2D eigenvalue weighted by atomic mass is 16.1. The fourth-order valence-electron chi connectivity index (χ4n) is 2.88. The third kappa shape index (κ3) is 3.62. The Hall–Kier alpha value is -3.73. The molecule has 1 heterocycles. The minimum Gasteiger partial charge on any atom is -0.326 e. The van der Waals surface area contributed by atoms with Gasteiger partial charge in [0.1, 0.15) is 11.4 Å². The monoisotopic (exact) mass is 354 g/mol. The van der Waals surface area contributed by atoms with Crippen molar-refractivity contribution in [1.29, 1.82) is 0 Å². The molecule has 0 aliphatic heterocycles. The van der Waals surface area contributed by atoms with Crippen molar-refractivity contribution in [1.82, 2.24) is 15.0 Å². The number of carbonyl (C=O) groups is 1. The van der Waals surface area contributed by atoms with E-state index in [0.717, 1.165) is 33.9 Å². The Morgan fingerprint density at radius 1 is 0.741 bits per heavy atom. The van der Waals surface area contributed by atoms with Gasteiger partial charge in [0.25, 0.3) is 0 Å². The van der Waals surface area contributed by atoms with Crippen LogP contribution in [0.3, 0.4) is 0 Å². The first-order valence-electron chi connectivity index (χ1n) is 8.67. The number of nitrogens with one attached hydrogen (secondary N) is 1. The lowest BCUT2D eigenvalue weighted by Crippen LogP contribution is -2.06. The maximum atomic E-state index is 11.2. The van der Waals surface area contributed by atoms with E-state index in [9.17, 15) is 4.79 Å². The Bertz CT molecular complexity index is 998. The smallest absolute Gasteiger partial charge is 0.221 e. The van der Waals surface area contributed by atoms with Crippen LogP contribution < -0.4 is 5.32 Å². The van der Waals surface area contributed by atoms with Gasteiger partial charge in [-0.15, -0.1) is 10.2 Å². The highest BCUT2D eigenvalue weighted by molar-refractivity contribution is 5.88. The van der Waals surface area contributed by atoms with Crippen LogP contribution in [0.15, 0.2) is 84.9 Å². The van der Waals surface area contributed by atoms with Crippen molar-refractivity contribution in [3.63, 3.8) is 0 Å². The van der Waals surface area contributed by atoms with Crippen LogP contribution in [-0.2, 0) is 4.79 Å². The molecular formula is C22H18N4O. The van der Waals surface area contributed by atoms with Gasteiger partial charge >= 0.3 is 0 Å². The fourth-order valence-corrected chi connectivity index (χ4v) is 2.88. The quantitative estimate of drug-likeness (QED) is 0.584. The summed E-state index contributed by atoms with van der Waals surface area (Å²) in [6.07, 6.45) is 0. The summed E-state index contributed by atoms with van der Waals surface area (Å²) in [5, 5.41) is 12.2. The Labute approximate surface area is 157 Å². The van der Waals surface area contributed by atoms with Crippen molar-refractivity contribution in [3.8, 4) is 28.2 Å². The molecule has 0 radical (unpaired) electrons. The number of anilines is 1. The first-order chi connectivity index (χ1) is 13.2. The summed E-state index contributed by atoms with van der Waals surface area (Å²) in [4.78, 5) is 12.8. The van der Waals surface area contributed by atoms with Crippen LogP contribution in [0, 0.1) is 0 Å². The van der Waals surface area contributed by atoms with Crippen molar-refractivity contribution in [2.45, 2.75) is 6.92 Å². The molecule has 0 fully saturated rings. The molecule has 0 saturated heterocycles. The topological polar surface area (TPSA) is 59.8 Å². The number of rotatable bonds is 4. The molecule has 0 unspecified atom stereocenters. The Balaban J connectivity index is 1.79. The zero-order valence-corrected chi connectivity index (χ0v) is 14.8. The molecule has 0 aliphatic carbocycles. The second-order valence-corrected chi connectivity index (χ2v) is 6.15. The molecule has 4 rings (SSSR count). The molecular weight excluding hydrogens is 336 g/mol. The number of aromatic nitrogens is 3. The van der Waals surface area contributed by atoms with Crippen molar-refractivity contribution in [3.05, 3.63) is 84.9 Å². The summed E-state index contributed by atoms with van der Waals surface area (Å²) in [6, 6.07) is 27.5. The normalized spacial score (nSPS) is 10.6. The van der Waals surface area contributed by atoms with Crippen molar-refractivity contribution in [2.24, 2.45) is 0 Å². The van der Waals surface area contributed by atoms with E-state index in [1.165, 1.54) is 6.92 Å². The number of hydrogen-bond acceptors (Lipinski definition) is 3. The van der Waals surface area contributed by atoms with Crippen molar-refractivity contribution < 1.29 is 4.79 Å². The molecule has 1 aromatic heterocycles. The van der Waals surface area contributed by atoms with E-state index in [1.807, 2.05) is 84.9 Å². The second kappa shape index (κ2) is 7.25. The lowest BCUT2D eigenvalue weighted by molar-refractivity contribution is -0.114. The number of benzene rings is 3. The summed E-state index contributed by atoms with van der Waals surface area (Å²) >= 11 is 0. The van der Waals surface area contributed by atoms with E-state index in [0.29, 0.717) is 0 Å². The predicted octanol–water partition coefficient (Wildman–Crippen LogP) is 4.56. The molecule has 3 aromatic carbocycles. The first kappa shape index (κ1) is 16.7. The fraction of sp³-hybridized carbons (Fsp3) is 0.0455. The maximum Gasteiger partial charge on any atom is 0.221 e. The van der Waals surface area contributed by atoms with Gasteiger partial charge in [-0.25, -0.2) is 0 Å². The van der Waals surface area contributed by atoms with E-state index < -0.39 is 0 Å². The molecule has 0 bridgehead atoms. The van der Waals surface area contributed by atoms with Crippen LogP contribution in [0.25, 0.3) is 28.2 Å². The highest BCUT2D eigenvalue weighted by Crippen LogP contribution is 2.29. The van der Waals surface area contributed by atoms with Crippen LogP contribution in [0.1, 0.15) is 6.92 Å². The van der Waals surface area contributed by atoms with Gasteiger partial charge in [0.2, 0.25) is 5.91 Å². The number of nitrogens with zero attached hydrogens (tertiary/aromatic N) is 3. The van der Waals surface area contributed by atoms with Gasteiger partial charge in [0, 0.05) is 23.7 Å². The van der Waals surface area contributed by atoms with Gasteiger partial charge in [-0.3, -0.25) is 4.79 Å². The average molecular weight is 354 g/mol. The molecule has 132 valence electrons. The van der Waals surface area contributed by atoms with Gasteiger partial charge < -0.3 is 5.32 Å².